The van der Waals surface area contributed by atoms with Crippen molar-refractivity contribution in [2.45, 2.75) is 44.7 Å². The number of rotatable bonds is 6. The zero-order valence-electron chi connectivity index (χ0n) is 10.6. The molecule has 0 aliphatic heterocycles. The number of halogens is 3. The number of hydrogen-bond acceptors (Lipinski definition) is 0. The molecule has 18 heavy (non-hydrogen) atoms. The molecular weight excluding hydrogens is 237 g/mol. The largest absolute Gasteiger partial charge is 0.416 e. The van der Waals surface area contributed by atoms with Crippen molar-refractivity contribution in [3.63, 3.8) is 0 Å². The summed E-state index contributed by atoms with van der Waals surface area (Å²) in [6, 6.07) is 5.49. The first-order valence-electron chi connectivity index (χ1n) is 6.23. The minimum atomic E-state index is -4.24. The Hall–Kier alpha value is -1.25. The van der Waals surface area contributed by atoms with Crippen LogP contribution >= 0.6 is 0 Å². The van der Waals surface area contributed by atoms with Crippen LogP contribution in [0.15, 0.2) is 36.9 Å². The van der Waals surface area contributed by atoms with Crippen LogP contribution in [0.4, 0.5) is 13.2 Å². The molecule has 0 saturated carbocycles. The number of hydrogen-bond donors (Lipinski definition) is 0. The fourth-order valence-corrected chi connectivity index (χ4v) is 1.91. The number of allylic oxidation sites excluding steroid dienone is 1. The summed E-state index contributed by atoms with van der Waals surface area (Å²) in [5, 5.41) is 0. The smallest absolute Gasteiger partial charge is 0.166 e. The lowest BCUT2D eigenvalue weighted by Gasteiger charge is -2.13. The minimum absolute atomic E-state index is 0.303. The highest BCUT2D eigenvalue weighted by atomic mass is 19.4. The van der Waals surface area contributed by atoms with Crippen LogP contribution in [0.25, 0.3) is 0 Å². The summed E-state index contributed by atoms with van der Waals surface area (Å²) in [7, 11) is 0. The molecule has 1 aromatic carbocycles. The average molecular weight is 256 g/mol. The van der Waals surface area contributed by atoms with E-state index in [1.54, 1.807) is 12.1 Å². The standard InChI is InChI=1S/C15H19F3/c1-3-4-5-6-7-12(2)13-8-10-14(11-9-13)15(16,17)18/h3,8-12H,1,4-7H2,2H3. The van der Waals surface area contributed by atoms with E-state index in [4.69, 9.17) is 0 Å². The van der Waals surface area contributed by atoms with Gasteiger partial charge >= 0.3 is 6.18 Å². The Morgan fingerprint density at radius 2 is 1.78 bits per heavy atom. The van der Waals surface area contributed by atoms with Crippen molar-refractivity contribution in [2.75, 3.05) is 0 Å². The van der Waals surface area contributed by atoms with E-state index < -0.39 is 11.7 Å². The predicted molar refractivity (Wildman–Crippen MR) is 68.5 cm³/mol. The topological polar surface area (TPSA) is 0 Å². The van der Waals surface area contributed by atoms with Crippen LogP contribution in [0.1, 0.15) is 49.7 Å². The van der Waals surface area contributed by atoms with Gasteiger partial charge in [0.15, 0.2) is 0 Å². The minimum Gasteiger partial charge on any atom is -0.166 e. The molecule has 1 atom stereocenters. The number of benzene rings is 1. The van der Waals surface area contributed by atoms with Gasteiger partial charge in [0, 0.05) is 0 Å². The van der Waals surface area contributed by atoms with E-state index in [0.29, 0.717) is 5.92 Å². The van der Waals surface area contributed by atoms with Crippen LogP contribution in [-0.2, 0) is 6.18 Å². The van der Waals surface area contributed by atoms with E-state index in [2.05, 4.69) is 13.5 Å². The zero-order chi connectivity index (χ0) is 13.6. The fourth-order valence-electron chi connectivity index (χ4n) is 1.91. The van der Waals surface area contributed by atoms with Crippen molar-refractivity contribution in [1.82, 2.24) is 0 Å². The molecule has 1 aromatic rings. The molecule has 1 rings (SSSR count). The second-order valence-corrected chi connectivity index (χ2v) is 4.59. The summed E-state index contributed by atoms with van der Waals surface area (Å²) in [6.45, 7) is 5.71. The van der Waals surface area contributed by atoms with Crippen LogP contribution in [-0.4, -0.2) is 0 Å². The zero-order valence-corrected chi connectivity index (χ0v) is 10.6. The maximum Gasteiger partial charge on any atom is 0.416 e. The predicted octanol–water partition coefficient (Wildman–Crippen LogP) is 5.56. The van der Waals surface area contributed by atoms with E-state index in [1.807, 2.05) is 6.08 Å². The van der Waals surface area contributed by atoms with Crippen molar-refractivity contribution < 1.29 is 13.2 Å². The van der Waals surface area contributed by atoms with Gasteiger partial charge in [0.1, 0.15) is 0 Å². The van der Waals surface area contributed by atoms with Crippen molar-refractivity contribution in [2.24, 2.45) is 0 Å². The molecular formula is C15H19F3. The van der Waals surface area contributed by atoms with Gasteiger partial charge in [-0.25, -0.2) is 0 Å². The van der Waals surface area contributed by atoms with E-state index >= 15 is 0 Å². The average Bonchev–Trinajstić information content (AvgIpc) is 2.33. The van der Waals surface area contributed by atoms with Crippen molar-refractivity contribution in [1.29, 1.82) is 0 Å². The van der Waals surface area contributed by atoms with E-state index in [1.165, 1.54) is 0 Å². The molecule has 0 bridgehead atoms. The molecule has 0 heterocycles. The van der Waals surface area contributed by atoms with Crippen LogP contribution < -0.4 is 0 Å². The van der Waals surface area contributed by atoms with E-state index in [0.717, 1.165) is 43.4 Å². The van der Waals surface area contributed by atoms with Gasteiger partial charge in [-0.3, -0.25) is 0 Å². The lowest BCUT2D eigenvalue weighted by atomic mass is 9.94. The third-order valence-electron chi connectivity index (χ3n) is 3.10. The summed E-state index contributed by atoms with van der Waals surface area (Å²) in [5.41, 5.74) is 0.395. The van der Waals surface area contributed by atoms with E-state index in [9.17, 15) is 13.2 Å². The Labute approximate surface area is 107 Å². The van der Waals surface area contributed by atoms with Gasteiger partial charge in [0.25, 0.3) is 0 Å². The third-order valence-corrected chi connectivity index (χ3v) is 3.10. The Morgan fingerprint density at radius 1 is 1.17 bits per heavy atom. The second-order valence-electron chi connectivity index (χ2n) is 4.59. The molecule has 0 radical (unpaired) electrons. The molecule has 0 aromatic heterocycles. The van der Waals surface area contributed by atoms with Gasteiger partial charge in [0.05, 0.1) is 5.56 Å². The van der Waals surface area contributed by atoms with Gasteiger partial charge in [-0.1, -0.05) is 31.6 Å². The van der Waals surface area contributed by atoms with Gasteiger partial charge in [-0.15, -0.1) is 6.58 Å². The quantitative estimate of drug-likeness (QED) is 0.462. The van der Waals surface area contributed by atoms with Crippen molar-refractivity contribution in [3.8, 4) is 0 Å². The van der Waals surface area contributed by atoms with Crippen LogP contribution in [0.2, 0.25) is 0 Å². The molecule has 100 valence electrons. The highest BCUT2D eigenvalue weighted by Gasteiger charge is 2.30. The summed E-state index contributed by atoms with van der Waals surface area (Å²) >= 11 is 0. The SMILES string of the molecule is C=CCCCCC(C)c1ccc(C(F)(F)F)cc1. The first-order valence-corrected chi connectivity index (χ1v) is 6.23. The van der Waals surface area contributed by atoms with Gasteiger partial charge in [-0.05, 0) is 42.9 Å². The van der Waals surface area contributed by atoms with Crippen molar-refractivity contribution >= 4 is 0 Å². The lowest BCUT2D eigenvalue weighted by Crippen LogP contribution is -2.05. The second kappa shape index (κ2) is 6.62. The fraction of sp³-hybridized carbons (Fsp3) is 0.467. The number of unbranched alkanes of at least 4 members (excludes halogenated alkanes) is 2. The molecule has 0 saturated heterocycles. The number of alkyl halides is 3. The molecule has 0 nitrogen and oxygen atoms in total. The monoisotopic (exact) mass is 256 g/mol. The maximum absolute atomic E-state index is 12.4. The lowest BCUT2D eigenvalue weighted by molar-refractivity contribution is -0.137. The summed E-state index contributed by atoms with van der Waals surface area (Å²) in [4.78, 5) is 0. The highest BCUT2D eigenvalue weighted by Crippen LogP contribution is 2.31. The van der Waals surface area contributed by atoms with Crippen LogP contribution in [0, 0.1) is 0 Å². The Balaban J connectivity index is 2.54. The normalized spacial score (nSPS) is 13.3. The Morgan fingerprint density at radius 3 is 2.28 bits per heavy atom. The molecule has 1 unspecified atom stereocenters. The van der Waals surface area contributed by atoms with Gasteiger partial charge in [0.2, 0.25) is 0 Å². The first-order chi connectivity index (χ1) is 8.45. The van der Waals surface area contributed by atoms with Gasteiger partial charge < -0.3 is 0 Å². The summed E-state index contributed by atoms with van der Waals surface area (Å²) in [5.74, 6) is 0.303. The van der Waals surface area contributed by atoms with E-state index in [-0.39, 0.29) is 0 Å². The molecule has 0 aliphatic rings. The molecule has 0 N–H and O–H groups in total. The Kier molecular flexibility index (Phi) is 5.45. The van der Waals surface area contributed by atoms with Crippen LogP contribution in [0.5, 0.6) is 0 Å². The van der Waals surface area contributed by atoms with Gasteiger partial charge in [-0.2, -0.15) is 13.2 Å². The summed E-state index contributed by atoms with van der Waals surface area (Å²) < 4.78 is 37.2. The van der Waals surface area contributed by atoms with Crippen molar-refractivity contribution in [3.05, 3.63) is 48.0 Å². The molecule has 3 heteroatoms. The molecule has 0 amide bonds. The third kappa shape index (κ3) is 4.55. The highest BCUT2D eigenvalue weighted by molar-refractivity contribution is 5.26. The molecule has 0 spiro atoms. The Bertz CT molecular complexity index is 362. The molecule has 0 fully saturated rings. The summed E-state index contributed by atoms with van der Waals surface area (Å²) in [6.07, 6.45) is 1.82. The first kappa shape index (κ1) is 14.8. The van der Waals surface area contributed by atoms with Crippen LogP contribution in [0.3, 0.4) is 0 Å². The molecule has 0 aliphatic carbocycles. The maximum atomic E-state index is 12.4.